The van der Waals surface area contributed by atoms with Crippen LogP contribution in [0.3, 0.4) is 0 Å². The number of fused-ring (bicyclic) bond motifs is 1. The lowest BCUT2D eigenvalue weighted by Crippen LogP contribution is -2.14. The molecule has 3 N–H and O–H groups in total. The van der Waals surface area contributed by atoms with E-state index in [4.69, 9.17) is 15.5 Å². The predicted octanol–water partition coefficient (Wildman–Crippen LogP) is 2.91. The smallest absolute Gasteiger partial charge is 0.168 e. The molecule has 9 heteroatoms. The summed E-state index contributed by atoms with van der Waals surface area (Å²) >= 11 is 0. The molecule has 0 aromatic carbocycles. The molecule has 1 saturated heterocycles. The highest BCUT2D eigenvalue weighted by molar-refractivity contribution is 5.83. The summed E-state index contributed by atoms with van der Waals surface area (Å²) in [5.74, 6) is 1.71. The molecule has 5 rings (SSSR count). The monoisotopic (exact) mass is 411 g/mol. The van der Waals surface area contributed by atoms with Crippen LogP contribution in [0.1, 0.15) is 57.6 Å². The molecule has 0 bridgehead atoms. The lowest BCUT2D eigenvalue weighted by Gasteiger charge is -2.21. The lowest BCUT2D eigenvalue weighted by molar-refractivity contribution is -0.0207. The van der Waals surface area contributed by atoms with Crippen molar-refractivity contribution < 1.29 is 9.84 Å². The molecular formula is C21H29N7O2. The van der Waals surface area contributed by atoms with Gasteiger partial charge in [0.2, 0.25) is 0 Å². The molecule has 9 nitrogen and oxygen atoms in total. The second-order valence-corrected chi connectivity index (χ2v) is 8.51. The standard InChI is InChI=1S/C21H29N7O2/c22-19-18-21(28(13-23-18)17-7-6-16(12-29)30-17)26-20(25-19)15-10-24-27(11-15)9-8-14-4-2-1-3-5-14/h10-11,13-14,16-17,29H,1-9,12H2,(H2,22,25,26). The number of aromatic nitrogens is 6. The first kappa shape index (κ1) is 19.4. The zero-order chi connectivity index (χ0) is 20.5. The van der Waals surface area contributed by atoms with Gasteiger partial charge in [0.05, 0.1) is 30.8 Å². The number of nitrogens with two attached hydrogens (primary N) is 1. The van der Waals surface area contributed by atoms with Crippen molar-refractivity contribution in [3.05, 3.63) is 18.7 Å². The van der Waals surface area contributed by atoms with E-state index in [1.54, 1.807) is 12.5 Å². The van der Waals surface area contributed by atoms with E-state index in [9.17, 15) is 5.11 Å². The van der Waals surface area contributed by atoms with Crippen molar-refractivity contribution >= 4 is 17.0 Å². The first-order valence-electron chi connectivity index (χ1n) is 11.0. The Morgan fingerprint density at radius 2 is 2.00 bits per heavy atom. The summed E-state index contributed by atoms with van der Waals surface area (Å²) in [6.45, 7) is 0.935. The van der Waals surface area contributed by atoms with Crippen molar-refractivity contribution in [3.63, 3.8) is 0 Å². The van der Waals surface area contributed by atoms with Gasteiger partial charge in [0.25, 0.3) is 0 Å². The minimum atomic E-state index is -0.201. The Balaban J connectivity index is 1.37. The van der Waals surface area contributed by atoms with E-state index in [1.807, 2.05) is 15.4 Å². The van der Waals surface area contributed by atoms with Gasteiger partial charge in [-0.3, -0.25) is 9.25 Å². The Morgan fingerprint density at radius 1 is 1.13 bits per heavy atom. The second-order valence-electron chi connectivity index (χ2n) is 8.51. The van der Waals surface area contributed by atoms with Crippen LogP contribution < -0.4 is 5.73 Å². The molecule has 0 spiro atoms. The summed E-state index contributed by atoms with van der Waals surface area (Å²) in [7, 11) is 0. The van der Waals surface area contributed by atoms with Crippen LogP contribution in [0, 0.1) is 5.92 Å². The van der Waals surface area contributed by atoms with E-state index in [2.05, 4.69) is 15.1 Å². The van der Waals surface area contributed by atoms with Crippen LogP contribution in [0.2, 0.25) is 0 Å². The molecule has 1 aliphatic heterocycles. The maximum absolute atomic E-state index is 9.36. The normalized spacial score (nSPS) is 22.8. The molecule has 2 unspecified atom stereocenters. The number of hydrogen-bond acceptors (Lipinski definition) is 7. The third kappa shape index (κ3) is 3.79. The van der Waals surface area contributed by atoms with Crippen LogP contribution in [-0.4, -0.2) is 47.1 Å². The minimum Gasteiger partial charge on any atom is -0.394 e. The van der Waals surface area contributed by atoms with Crippen molar-refractivity contribution in [3.8, 4) is 11.4 Å². The number of imidazole rings is 1. The number of nitrogens with zero attached hydrogens (tertiary/aromatic N) is 6. The van der Waals surface area contributed by atoms with Crippen LogP contribution in [0.25, 0.3) is 22.6 Å². The van der Waals surface area contributed by atoms with E-state index in [1.165, 1.54) is 38.5 Å². The van der Waals surface area contributed by atoms with Gasteiger partial charge in [-0.1, -0.05) is 32.1 Å². The number of ether oxygens (including phenoxy) is 1. The van der Waals surface area contributed by atoms with E-state index >= 15 is 0 Å². The van der Waals surface area contributed by atoms with Crippen LogP contribution in [-0.2, 0) is 11.3 Å². The predicted molar refractivity (Wildman–Crippen MR) is 112 cm³/mol. The van der Waals surface area contributed by atoms with Crippen LogP contribution in [0.5, 0.6) is 0 Å². The number of nitrogen functional groups attached to an aromatic ring is 1. The zero-order valence-corrected chi connectivity index (χ0v) is 17.2. The lowest BCUT2D eigenvalue weighted by atomic mass is 9.87. The van der Waals surface area contributed by atoms with Crippen molar-refractivity contribution in [2.75, 3.05) is 12.3 Å². The minimum absolute atomic E-state index is 0.0194. The largest absolute Gasteiger partial charge is 0.394 e. The molecule has 3 aromatic rings. The van der Waals surface area contributed by atoms with Crippen LogP contribution in [0.4, 0.5) is 5.82 Å². The second kappa shape index (κ2) is 8.31. The molecule has 2 fully saturated rings. The number of hydrogen-bond donors (Lipinski definition) is 2. The summed E-state index contributed by atoms with van der Waals surface area (Å²) in [4.78, 5) is 13.6. The molecule has 0 amide bonds. The molecule has 4 heterocycles. The Kier molecular flexibility index (Phi) is 5.39. The van der Waals surface area contributed by atoms with Gasteiger partial charge >= 0.3 is 0 Å². The van der Waals surface area contributed by atoms with Crippen molar-refractivity contribution in [2.45, 2.75) is 70.2 Å². The maximum Gasteiger partial charge on any atom is 0.168 e. The molecule has 0 radical (unpaired) electrons. The van der Waals surface area contributed by atoms with Gasteiger partial charge < -0.3 is 15.6 Å². The average molecular weight is 412 g/mol. The van der Waals surface area contributed by atoms with E-state index < -0.39 is 0 Å². The van der Waals surface area contributed by atoms with Gasteiger partial charge in [0.15, 0.2) is 17.3 Å². The van der Waals surface area contributed by atoms with Gasteiger partial charge in [-0.05, 0) is 25.2 Å². The highest BCUT2D eigenvalue weighted by Gasteiger charge is 2.28. The quantitative estimate of drug-likeness (QED) is 0.640. The fourth-order valence-electron chi connectivity index (χ4n) is 4.70. The van der Waals surface area contributed by atoms with Gasteiger partial charge in [0.1, 0.15) is 11.7 Å². The molecule has 2 aliphatic rings. The first-order chi connectivity index (χ1) is 14.7. The summed E-state index contributed by atoms with van der Waals surface area (Å²) in [5, 5.41) is 13.9. The van der Waals surface area contributed by atoms with E-state index in [-0.39, 0.29) is 18.9 Å². The third-order valence-corrected chi connectivity index (χ3v) is 6.43. The fraction of sp³-hybridized carbons (Fsp3) is 0.619. The molecule has 2 atom stereocenters. The van der Waals surface area contributed by atoms with Crippen molar-refractivity contribution in [2.24, 2.45) is 5.92 Å². The van der Waals surface area contributed by atoms with Gasteiger partial charge in [0, 0.05) is 12.7 Å². The van der Waals surface area contributed by atoms with Gasteiger partial charge in [-0.25, -0.2) is 15.0 Å². The third-order valence-electron chi connectivity index (χ3n) is 6.43. The van der Waals surface area contributed by atoms with Crippen LogP contribution in [0.15, 0.2) is 18.7 Å². The van der Waals surface area contributed by atoms with E-state index in [0.717, 1.165) is 30.9 Å². The number of aliphatic hydroxyl groups is 1. The highest BCUT2D eigenvalue weighted by Crippen LogP contribution is 2.32. The summed E-state index contributed by atoms with van der Waals surface area (Å²) in [6, 6.07) is 0. The number of aryl methyl sites for hydroxylation is 1. The molecule has 30 heavy (non-hydrogen) atoms. The maximum atomic E-state index is 9.36. The topological polar surface area (TPSA) is 117 Å². The number of rotatable bonds is 6. The molecular weight excluding hydrogens is 382 g/mol. The zero-order valence-electron chi connectivity index (χ0n) is 17.2. The Labute approximate surface area is 175 Å². The summed E-state index contributed by atoms with van der Waals surface area (Å²) < 4.78 is 9.77. The Morgan fingerprint density at radius 3 is 2.80 bits per heavy atom. The highest BCUT2D eigenvalue weighted by atomic mass is 16.5. The Bertz CT molecular complexity index is 1010. The summed E-state index contributed by atoms with van der Waals surface area (Å²) in [6.07, 6.45) is 14.7. The molecule has 1 saturated carbocycles. The molecule has 3 aromatic heterocycles. The van der Waals surface area contributed by atoms with Crippen LogP contribution >= 0.6 is 0 Å². The molecule has 160 valence electrons. The number of anilines is 1. The van der Waals surface area contributed by atoms with E-state index in [0.29, 0.717) is 22.8 Å². The SMILES string of the molecule is Nc1nc(-c2cnn(CCC3CCCCC3)c2)nc2c1ncn2C1CCC(CO)O1. The first-order valence-corrected chi connectivity index (χ1v) is 11.0. The van der Waals surface area contributed by atoms with Crippen molar-refractivity contribution in [1.82, 2.24) is 29.3 Å². The fourth-order valence-corrected chi connectivity index (χ4v) is 4.70. The summed E-state index contributed by atoms with van der Waals surface area (Å²) in [5.41, 5.74) is 8.25. The average Bonchev–Trinajstić information content (AvgIpc) is 3.51. The van der Waals surface area contributed by atoms with Gasteiger partial charge in [-0.2, -0.15) is 5.10 Å². The van der Waals surface area contributed by atoms with Crippen molar-refractivity contribution in [1.29, 1.82) is 0 Å². The Hall–Kier alpha value is -2.52. The molecule has 1 aliphatic carbocycles. The van der Waals surface area contributed by atoms with Gasteiger partial charge in [-0.15, -0.1) is 0 Å². The number of aliphatic hydroxyl groups excluding tert-OH is 1.